The molecule has 21 heavy (non-hydrogen) atoms. The standard InChI is InChI=1S/C15H20FN3O2/c1-2-19(15(21)12-8-17-9-12)10-14(20)18-7-11-3-5-13(16)6-4-11/h3-6,12,17H,2,7-10H2,1H3,(H,18,20). The number of halogens is 1. The van der Waals surface area contributed by atoms with Crippen molar-refractivity contribution in [3.63, 3.8) is 0 Å². The first-order valence-electron chi connectivity index (χ1n) is 7.10. The molecule has 2 rings (SSSR count). The predicted molar refractivity (Wildman–Crippen MR) is 76.9 cm³/mol. The zero-order chi connectivity index (χ0) is 15.2. The molecule has 0 aromatic heterocycles. The first-order chi connectivity index (χ1) is 10.1. The van der Waals surface area contributed by atoms with Crippen molar-refractivity contribution in [3.8, 4) is 0 Å². The number of amides is 2. The molecule has 2 amide bonds. The molecule has 0 atom stereocenters. The molecule has 0 aliphatic carbocycles. The van der Waals surface area contributed by atoms with Gasteiger partial charge in [-0.15, -0.1) is 0 Å². The molecule has 1 aromatic rings. The van der Waals surface area contributed by atoms with Gasteiger partial charge in [-0.3, -0.25) is 9.59 Å². The minimum atomic E-state index is -0.304. The molecule has 114 valence electrons. The predicted octanol–water partition coefficient (Wildman–Crippen LogP) is 0.510. The zero-order valence-electron chi connectivity index (χ0n) is 12.1. The summed E-state index contributed by atoms with van der Waals surface area (Å²) in [5.41, 5.74) is 0.822. The summed E-state index contributed by atoms with van der Waals surface area (Å²) >= 11 is 0. The summed E-state index contributed by atoms with van der Waals surface area (Å²) in [5, 5.41) is 5.79. The Morgan fingerprint density at radius 2 is 2.00 bits per heavy atom. The topological polar surface area (TPSA) is 61.4 Å². The van der Waals surface area contributed by atoms with Crippen LogP contribution in [0.2, 0.25) is 0 Å². The van der Waals surface area contributed by atoms with Gasteiger partial charge < -0.3 is 15.5 Å². The number of nitrogens with one attached hydrogen (secondary N) is 2. The summed E-state index contributed by atoms with van der Waals surface area (Å²) in [7, 11) is 0. The first-order valence-corrected chi connectivity index (χ1v) is 7.10. The van der Waals surface area contributed by atoms with Crippen LogP contribution >= 0.6 is 0 Å². The van der Waals surface area contributed by atoms with E-state index in [1.807, 2.05) is 6.92 Å². The number of benzene rings is 1. The van der Waals surface area contributed by atoms with Gasteiger partial charge in [0, 0.05) is 26.2 Å². The van der Waals surface area contributed by atoms with Crippen LogP contribution in [-0.4, -0.2) is 42.9 Å². The van der Waals surface area contributed by atoms with Crippen LogP contribution in [0.15, 0.2) is 24.3 Å². The van der Waals surface area contributed by atoms with Gasteiger partial charge in [0.05, 0.1) is 12.5 Å². The van der Waals surface area contributed by atoms with Gasteiger partial charge in [-0.25, -0.2) is 4.39 Å². The van der Waals surface area contributed by atoms with Crippen LogP contribution in [0.3, 0.4) is 0 Å². The average molecular weight is 293 g/mol. The van der Waals surface area contributed by atoms with Crippen molar-refractivity contribution in [3.05, 3.63) is 35.6 Å². The summed E-state index contributed by atoms with van der Waals surface area (Å²) in [4.78, 5) is 25.5. The monoisotopic (exact) mass is 293 g/mol. The third-order valence-electron chi connectivity index (χ3n) is 3.56. The van der Waals surface area contributed by atoms with E-state index in [2.05, 4.69) is 10.6 Å². The van der Waals surface area contributed by atoms with Crippen LogP contribution < -0.4 is 10.6 Å². The van der Waals surface area contributed by atoms with E-state index >= 15 is 0 Å². The van der Waals surface area contributed by atoms with Crippen LogP contribution in [0, 0.1) is 11.7 Å². The molecule has 1 aromatic carbocycles. The second-order valence-corrected chi connectivity index (χ2v) is 5.11. The Kier molecular flexibility index (Phi) is 5.27. The first kappa shape index (κ1) is 15.4. The number of rotatable bonds is 6. The number of nitrogens with zero attached hydrogens (tertiary/aromatic N) is 1. The molecule has 1 saturated heterocycles. The fourth-order valence-corrected chi connectivity index (χ4v) is 2.10. The fraction of sp³-hybridized carbons (Fsp3) is 0.467. The summed E-state index contributed by atoms with van der Waals surface area (Å²) in [6, 6.07) is 5.96. The van der Waals surface area contributed by atoms with E-state index in [0.29, 0.717) is 26.2 Å². The minimum absolute atomic E-state index is 0.00477. The molecular weight excluding hydrogens is 273 g/mol. The average Bonchev–Trinajstić information content (AvgIpc) is 2.42. The van der Waals surface area contributed by atoms with Crippen LogP contribution in [0.1, 0.15) is 12.5 Å². The molecule has 1 fully saturated rings. The van der Waals surface area contributed by atoms with Crippen molar-refractivity contribution in [2.24, 2.45) is 5.92 Å². The van der Waals surface area contributed by atoms with Gasteiger partial charge in [-0.05, 0) is 24.6 Å². The van der Waals surface area contributed by atoms with Crippen molar-refractivity contribution in [1.29, 1.82) is 0 Å². The summed E-state index contributed by atoms with van der Waals surface area (Å²) in [6.07, 6.45) is 0. The Morgan fingerprint density at radius 1 is 1.33 bits per heavy atom. The Morgan fingerprint density at radius 3 is 2.52 bits per heavy atom. The van der Waals surface area contributed by atoms with Crippen molar-refractivity contribution in [2.75, 3.05) is 26.2 Å². The largest absolute Gasteiger partial charge is 0.350 e. The maximum atomic E-state index is 12.8. The third kappa shape index (κ3) is 4.26. The smallest absolute Gasteiger partial charge is 0.239 e. The number of carbonyl (C=O) groups excluding carboxylic acids is 2. The van der Waals surface area contributed by atoms with Gasteiger partial charge in [0.25, 0.3) is 0 Å². The highest BCUT2D eigenvalue weighted by Crippen LogP contribution is 2.08. The third-order valence-corrected chi connectivity index (χ3v) is 3.56. The lowest BCUT2D eigenvalue weighted by atomic mass is 10.0. The van der Waals surface area contributed by atoms with Gasteiger partial charge >= 0.3 is 0 Å². The molecule has 6 heteroatoms. The normalized spacial score (nSPS) is 14.4. The Hall–Kier alpha value is -1.95. The number of hydrogen-bond donors (Lipinski definition) is 2. The van der Waals surface area contributed by atoms with Gasteiger partial charge in [-0.1, -0.05) is 12.1 Å². The van der Waals surface area contributed by atoms with Crippen LogP contribution in [0.25, 0.3) is 0 Å². The summed E-state index contributed by atoms with van der Waals surface area (Å²) in [6.45, 7) is 4.14. The van der Waals surface area contributed by atoms with Gasteiger partial charge in [0.1, 0.15) is 5.82 Å². The SMILES string of the molecule is CCN(CC(=O)NCc1ccc(F)cc1)C(=O)C1CNC1. The second-order valence-electron chi connectivity index (χ2n) is 5.11. The maximum Gasteiger partial charge on any atom is 0.239 e. The van der Waals surface area contributed by atoms with E-state index in [-0.39, 0.29) is 30.1 Å². The molecular formula is C15H20FN3O2. The molecule has 0 radical (unpaired) electrons. The van der Waals surface area contributed by atoms with E-state index in [9.17, 15) is 14.0 Å². The van der Waals surface area contributed by atoms with Gasteiger partial charge in [-0.2, -0.15) is 0 Å². The highest BCUT2D eigenvalue weighted by atomic mass is 19.1. The molecule has 0 spiro atoms. The molecule has 2 N–H and O–H groups in total. The molecule has 1 heterocycles. The Bertz CT molecular complexity index is 500. The zero-order valence-corrected chi connectivity index (χ0v) is 12.1. The van der Waals surface area contributed by atoms with E-state index in [0.717, 1.165) is 5.56 Å². The molecule has 1 aliphatic heterocycles. The van der Waals surface area contributed by atoms with E-state index < -0.39 is 0 Å². The number of hydrogen-bond acceptors (Lipinski definition) is 3. The van der Waals surface area contributed by atoms with Crippen molar-refractivity contribution < 1.29 is 14.0 Å². The molecule has 0 saturated carbocycles. The lowest BCUT2D eigenvalue weighted by molar-refractivity contribution is -0.140. The maximum absolute atomic E-state index is 12.8. The van der Waals surface area contributed by atoms with Gasteiger partial charge in [0.2, 0.25) is 11.8 Å². The Labute approximate surface area is 123 Å². The fourth-order valence-electron chi connectivity index (χ4n) is 2.10. The highest BCUT2D eigenvalue weighted by molar-refractivity contribution is 5.86. The second kappa shape index (κ2) is 7.17. The van der Waals surface area contributed by atoms with E-state index in [1.54, 1.807) is 17.0 Å². The van der Waals surface area contributed by atoms with Crippen molar-refractivity contribution in [2.45, 2.75) is 13.5 Å². The van der Waals surface area contributed by atoms with Gasteiger partial charge in [0.15, 0.2) is 0 Å². The minimum Gasteiger partial charge on any atom is -0.350 e. The molecule has 5 nitrogen and oxygen atoms in total. The van der Waals surface area contributed by atoms with E-state index in [1.165, 1.54) is 12.1 Å². The quantitative estimate of drug-likeness (QED) is 0.803. The van der Waals surface area contributed by atoms with Crippen LogP contribution in [-0.2, 0) is 16.1 Å². The molecule has 0 bridgehead atoms. The van der Waals surface area contributed by atoms with Crippen molar-refractivity contribution >= 4 is 11.8 Å². The highest BCUT2D eigenvalue weighted by Gasteiger charge is 2.29. The van der Waals surface area contributed by atoms with Crippen LogP contribution in [0.4, 0.5) is 4.39 Å². The number of likely N-dealkylation sites (N-methyl/N-ethyl adjacent to an activating group) is 1. The molecule has 1 aliphatic rings. The lowest BCUT2D eigenvalue weighted by Gasteiger charge is -2.31. The van der Waals surface area contributed by atoms with Crippen molar-refractivity contribution in [1.82, 2.24) is 15.5 Å². The summed E-state index contributed by atoms with van der Waals surface area (Å²) in [5.74, 6) is -0.494. The summed E-state index contributed by atoms with van der Waals surface area (Å²) < 4.78 is 12.8. The lowest BCUT2D eigenvalue weighted by Crippen LogP contribution is -2.53. The van der Waals surface area contributed by atoms with E-state index in [4.69, 9.17) is 0 Å². The number of carbonyl (C=O) groups is 2. The van der Waals surface area contributed by atoms with Crippen LogP contribution in [0.5, 0.6) is 0 Å². The Balaban J connectivity index is 1.79. The molecule has 0 unspecified atom stereocenters.